The zero-order valence-electron chi connectivity index (χ0n) is 5.71. The van der Waals surface area contributed by atoms with E-state index in [4.69, 9.17) is 0 Å². The monoisotopic (exact) mass is 126 g/mol. The molecule has 52 valence electrons. The van der Waals surface area contributed by atoms with E-state index in [1.54, 1.807) is 0 Å². The van der Waals surface area contributed by atoms with E-state index in [0.717, 1.165) is 32.1 Å². The van der Waals surface area contributed by atoms with Crippen molar-refractivity contribution in [2.24, 2.45) is 0 Å². The first-order valence-electron chi connectivity index (χ1n) is 3.72. The van der Waals surface area contributed by atoms with Gasteiger partial charge >= 0.3 is 0 Å². The van der Waals surface area contributed by atoms with Gasteiger partial charge in [0.05, 0.1) is 6.10 Å². The lowest BCUT2D eigenvalue weighted by Gasteiger charge is -2.09. The van der Waals surface area contributed by atoms with E-state index in [2.05, 4.69) is 12.2 Å². The molecule has 0 heterocycles. The van der Waals surface area contributed by atoms with Crippen LogP contribution in [0.2, 0.25) is 0 Å². The summed E-state index contributed by atoms with van der Waals surface area (Å²) in [4.78, 5) is 0. The van der Waals surface area contributed by atoms with E-state index in [1.807, 2.05) is 0 Å². The zero-order chi connectivity index (χ0) is 6.53. The largest absolute Gasteiger partial charge is 0.393 e. The number of hydrogen-bond acceptors (Lipinski definition) is 1. The molecule has 0 spiro atoms. The molecule has 0 amide bonds. The smallest absolute Gasteiger partial charge is 0.0543 e. The maximum atomic E-state index is 9.18. The molecule has 9 heavy (non-hydrogen) atoms. The van der Waals surface area contributed by atoms with Gasteiger partial charge in [-0.2, -0.15) is 0 Å². The Morgan fingerprint density at radius 3 is 2.78 bits per heavy atom. The SMILES string of the molecule is OC1CCC=CCCC1. The van der Waals surface area contributed by atoms with E-state index in [-0.39, 0.29) is 6.10 Å². The second kappa shape index (κ2) is 3.67. The molecule has 0 saturated carbocycles. The molecule has 0 radical (unpaired) electrons. The van der Waals surface area contributed by atoms with Crippen molar-refractivity contribution in [2.75, 3.05) is 0 Å². The summed E-state index contributed by atoms with van der Waals surface area (Å²) in [6.07, 6.45) is 9.65. The minimum absolute atomic E-state index is 0.0325. The quantitative estimate of drug-likeness (QED) is 0.491. The first-order chi connectivity index (χ1) is 4.39. The summed E-state index contributed by atoms with van der Waals surface area (Å²) >= 11 is 0. The molecular formula is C8H14O. The summed E-state index contributed by atoms with van der Waals surface area (Å²) in [5.41, 5.74) is 0. The number of rotatable bonds is 0. The van der Waals surface area contributed by atoms with Gasteiger partial charge in [-0.3, -0.25) is 0 Å². The fraction of sp³-hybridized carbons (Fsp3) is 0.750. The average Bonchev–Trinajstić information content (AvgIpc) is 1.79. The highest BCUT2D eigenvalue weighted by Crippen LogP contribution is 2.11. The fourth-order valence-electron chi connectivity index (χ4n) is 1.14. The summed E-state index contributed by atoms with van der Waals surface area (Å²) in [6, 6.07) is 0. The number of hydrogen-bond donors (Lipinski definition) is 1. The van der Waals surface area contributed by atoms with Crippen LogP contribution in [-0.2, 0) is 0 Å². The summed E-state index contributed by atoms with van der Waals surface area (Å²) in [6.45, 7) is 0. The lowest BCUT2D eigenvalue weighted by atomic mass is 10.0. The van der Waals surface area contributed by atoms with Gasteiger partial charge in [0, 0.05) is 0 Å². The maximum Gasteiger partial charge on any atom is 0.0543 e. The highest BCUT2D eigenvalue weighted by molar-refractivity contribution is 4.84. The van der Waals surface area contributed by atoms with E-state index in [0.29, 0.717) is 0 Å². The highest BCUT2D eigenvalue weighted by Gasteiger charge is 2.02. The normalized spacial score (nSPS) is 29.2. The topological polar surface area (TPSA) is 20.2 Å². The molecule has 1 aliphatic rings. The van der Waals surface area contributed by atoms with Gasteiger partial charge in [-0.25, -0.2) is 0 Å². The number of aliphatic hydroxyl groups excluding tert-OH is 1. The van der Waals surface area contributed by atoms with Crippen LogP contribution in [0.15, 0.2) is 12.2 Å². The van der Waals surface area contributed by atoms with Crippen molar-refractivity contribution in [3.05, 3.63) is 12.2 Å². The Morgan fingerprint density at radius 2 is 1.89 bits per heavy atom. The van der Waals surface area contributed by atoms with Gasteiger partial charge in [-0.15, -0.1) is 0 Å². The van der Waals surface area contributed by atoms with Gasteiger partial charge in [0.1, 0.15) is 0 Å². The van der Waals surface area contributed by atoms with Crippen molar-refractivity contribution in [2.45, 2.75) is 38.2 Å². The van der Waals surface area contributed by atoms with Gasteiger partial charge in [0.15, 0.2) is 0 Å². The first-order valence-corrected chi connectivity index (χ1v) is 3.72. The molecule has 1 unspecified atom stereocenters. The van der Waals surface area contributed by atoms with Crippen molar-refractivity contribution in [3.63, 3.8) is 0 Å². The lowest BCUT2D eigenvalue weighted by Crippen LogP contribution is -2.06. The van der Waals surface area contributed by atoms with Gasteiger partial charge < -0.3 is 5.11 Å². The molecule has 0 saturated heterocycles. The molecule has 0 aliphatic heterocycles. The van der Waals surface area contributed by atoms with Crippen LogP contribution in [0.5, 0.6) is 0 Å². The predicted octanol–water partition coefficient (Wildman–Crippen LogP) is 1.87. The van der Waals surface area contributed by atoms with Gasteiger partial charge in [-0.05, 0) is 32.1 Å². The Morgan fingerprint density at radius 1 is 1.11 bits per heavy atom. The van der Waals surface area contributed by atoms with Crippen LogP contribution in [0.3, 0.4) is 0 Å². The van der Waals surface area contributed by atoms with Gasteiger partial charge in [-0.1, -0.05) is 12.2 Å². The molecule has 1 aliphatic carbocycles. The van der Waals surface area contributed by atoms with Crippen LogP contribution in [-0.4, -0.2) is 11.2 Å². The van der Waals surface area contributed by atoms with E-state index in [9.17, 15) is 5.11 Å². The number of allylic oxidation sites excluding steroid dienone is 2. The molecular weight excluding hydrogens is 112 g/mol. The zero-order valence-corrected chi connectivity index (χ0v) is 5.71. The summed E-state index contributed by atoms with van der Waals surface area (Å²) in [7, 11) is 0. The molecule has 0 bridgehead atoms. The van der Waals surface area contributed by atoms with Crippen molar-refractivity contribution in [1.82, 2.24) is 0 Å². The third-order valence-electron chi connectivity index (χ3n) is 1.74. The van der Waals surface area contributed by atoms with E-state index < -0.39 is 0 Å². The molecule has 0 aromatic carbocycles. The van der Waals surface area contributed by atoms with Crippen molar-refractivity contribution in [3.8, 4) is 0 Å². The maximum absolute atomic E-state index is 9.18. The van der Waals surface area contributed by atoms with Crippen LogP contribution in [0.4, 0.5) is 0 Å². The molecule has 1 rings (SSSR count). The summed E-state index contributed by atoms with van der Waals surface area (Å²) in [5, 5.41) is 9.18. The predicted molar refractivity (Wildman–Crippen MR) is 38.2 cm³/mol. The lowest BCUT2D eigenvalue weighted by molar-refractivity contribution is 0.152. The van der Waals surface area contributed by atoms with E-state index in [1.165, 1.54) is 0 Å². The third kappa shape index (κ3) is 2.66. The number of aliphatic hydroxyl groups is 1. The second-order valence-corrected chi connectivity index (χ2v) is 2.63. The minimum Gasteiger partial charge on any atom is -0.393 e. The Hall–Kier alpha value is -0.300. The van der Waals surface area contributed by atoms with Crippen LogP contribution in [0.1, 0.15) is 32.1 Å². The molecule has 0 aromatic heterocycles. The van der Waals surface area contributed by atoms with Crippen LogP contribution < -0.4 is 0 Å². The van der Waals surface area contributed by atoms with Crippen LogP contribution in [0, 0.1) is 0 Å². The molecule has 1 N–H and O–H groups in total. The first kappa shape index (κ1) is 6.81. The van der Waals surface area contributed by atoms with E-state index >= 15 is 0 Å². The van der Waals surface area contributed by atoms with Crippen LogP contribution >= 0.6 is 0 Å². The Labute approximate surface area is 56.4 Å². The third-order valence-corrected chi connectivity index (χ3v) is 1.74. The summed E-state index contributed by atoms with van der Waals surface area (Å²) in [5.74, 6) is 0. The second-order valence-electron chi connectivity index (χ2n) is 2.63. The van der Waals surface area contributed by atoms with Gasteiger partial charge in [0.2, 0.25) is 0 Å². The molecule has 0 fully saturated rings. The van der Waals surface area contributed by atoms with Crippen molar-refractivity contribution < 1.29 is 5.11 Å². The molecule has 0 aromatic rings. The highest BCUT2D eigenvalue weighted by atomic mass is 16.3. The molecule has 1 atom stereocenters. The van der Waals surface area contributed by atoms with Gasteiger partial charge in [0.25, 0.3) is 0 Å². The summed E-state index contributed by atoms with van der Waals surface area (Å²) < 4.78 is 0. The van der Waals surface area contributed by atoms with Crippen LogP contribution in [0.25, 0.3) is 0 Å². The average molecular weight is 126 g/mol. The Balaban J connectivity index is 2.27. The minimum atomic E-state index is -0.0325. The Bertz CT molecular complexity index is 96.7. The molecule has 1 heteroatoms. The molecule has 1 nitrogen and oxygen atoms in total. The fourth-order valence-corrected chi connectivity index (χ4v) is 1.14. The Kier molecular flexibility index (Phi) is 2.78. The van der Waals surface area contributed by atoms with Crippen molar-refractivity contribution >= 4 is 0 Å². The standard InChI is InChI=1S/C8H14O/c9-8-6-4-2-1-3-5-7-8/h1-2,8-9H,3-7H2. The van der Waals surface area contributed by atoms with Crippen molar-refractivity contribution in [1.29, 1.82) is 0 Å².